The lowest BCUT2D eigenvalue weighted by Crippen LogP contribution is -2.68. The maximum Gasteiger partial charge on any atom is 0.317 e. The van der Waals surface area contributed by atoms with E-state index in [1.165, 1.54) is 0 Å². The Morgan fingerprint density at radius 3 is 2.37 bits per heavy atom. The van der Waals surface area contributed by atoms with Crippen LogP contribution in [0.25, 0.3) is 0 Å². The molecular formula is C21H34Cl2N6O. The molecule has 9 heteroatoms. The number of anilines is 1. The van der Waals surface area contributed by atoms with Gasteiger partial charge in [-0.25, -0.2) is 4.79 Å². The first-order valence-electron chi connectivity index (χ1n) is 10.7. The summed E-state index contributed by atoms with van der Waals surface area (Å²) >= 11 is 12.5. The number of halogens is 2. The van der Waals surface area contributed by atoms with Crippen molar-refractivity contribution < 1.29 is 4.79 Å². The fraction of sp³-hybridized carbons (Fsp3) is 0.667. The molecule has 2 amide bonds. The van der Waals surface area contributed by atoms with Crippen LogP contribution in [-0.2, 0) is 0 Å². The summed E-state index contributed by atoms with van der Waals surface area (Å²) in [7, 11) is 3.52. The molecule has 2 fully saturated rings. The number of nitrogens with two attached hydrogens (primary N) is 2. The third kappa shape index (κ3) is 5.71. The van der Waals surface area contributed by atoms with E-state index < -0.39 is 5.79 Å². The molecule has 1 aliphatic carbocycles. The van der Waals surface area contributed by atoms with E-state index in [4.69, 9.17) is 34.7 Å². The maximum absolute atomic E-state index is 11.8. The van der Waals surface area contributed by atoms with Crippen LogP contribution in [0.2, 0.25) is 10.0 Å². The zero-order chi connectivity index (χ0) is 21.9. The average molecular weight is 457 g/mol. The Morgan fingerprint density at radius 1 is 1.13 bits per heavy atom. The number of hydrogen-bond donors (Lipinski definition) is 3. The van der Waals surface area contributed by atoms with Gasteiger partial charge in [-0.05, 0) is 50.2 Å². The van der Waals surface area contributed by atoms with Gasteiger partial charge in [0.2, 0.25) is 0 Å². The SMILES string of the molecule is CN(C)C(=O)NC1CCC(CC(N)(N)N2CCN(c3cccc(Cl)c3Cl)CC2)CC1. The first-order chi connectivity index (χ1) is 14.2. The fourth-order valence-electron chi connectivity index (χ4n) is 4.51. The number of urea groups is 1. The molecule has 1 saturated heterocycles. The van der Waals surface area contributed by atoms with Gasteiger partial charge in [0.25, 0.3) is 0 Å². The zero-order valence-corrected chi connectivity index (χ0v) is 19.4. The van der Waals surface area contributed by atoms with Crippen molar-refractivity contribution in [2.75, 3.05) is 45.2 Å². The Kier molecular flexibility index (Phi) is 7.74. The molecule has 5 N–H and O–H groups in total. The van der Waals surface area contributed by atoms with Crippen molar-refractivity contribution in [3.05, 3.63) is 28.2 Å². The minimum absolute atomic E-state index is 0.0249. The number of piperazine rings is 1. The molecule has 2 aliphatic rings. The van der Waals surface area contributed by atoms with E-state index in [1.54, 1.807) is 25.1 Å². The summed E-state index contributed by atoms with van der Waals surface area (Å²) in [4.78, 5) is 17.8. The van der Waals surface area contributed by atoms with Gasteiger partial charge >= 0.3 is 6.03 Å². The van der Waals surface area contributed by atoms with Crippen LogP contribution in [0.1, 0.15) is 32.1 Å². The number of benzene rings is 1. The second-order valence-corrected chi connectivity index (χ2v) is 9.59. The first-order valence-corrected chi connectivity index (χ1v) is 11.4. The average Bonchev–Trinajstić information content (AvgIpc) is 2.71. The van der Waals surface area contributed by atoms with Gasteiger partial charge in [0.05, 0.1) is 15.7 Å². The highest BCUT2D eigenvalue weighted by Crippen LogP contribution is 2.34. The normalized spacial score (nSPS) is 23.3. The van der Waals surface area contributed by atoms with E-state index in [-0.39, 0.29) is 12.1 Å². The lowest BCUT2D eigenvalue weighted by atomic mass is 9.82. The third-order valence-corrected chi connectivity index (χ3v) is 7.15. The van der Waals surface area contributed by atoms with Crippen molar-refractivity contribution in [1.82, 2.24) is 15.1 Å². The predicted octanol–water partition coefficient (Wildman–Crippen LogP) is 2.91. The van der Waals surface area contributed by atoms with Crippen LogP contribution in [0, 0.1) is 5.92 Å². The van der Waals surface area contributed by atoms with Gasteiger partial charge in [-0.15, -0.1) is 0 Å². The molecule has 0 spiro atoms. The van der Waals surface area contributed by atoms with Gasteiger partial charge < -0.3 is 26.6 Å². The van der Waals surface area contributed by atoms with E-state index in [9.17, 15) is 4.79 Å². The van der Waals surface area contributed by atoms with Crippen LogP contribution in [0.5, 0.6) is 0 Å². The molecule has 1 saturated carbocycles. The van der Waals surface area contributed by atoms with Gasteiger partial charge in [0, 0.05) is 46.3 Å². The molecule has 1 aromatic rings. The van der Waals surface area contributed by atoms with Crippen LogP contribution in [-0.4, -0.2) is 67.9 Å². The third-order valence-electron chi connectivity index (χ3n) is 6.34. The quantitative estimate of drug-likeness (QED) is 0.592. The number of amides is 2. The van der Waals surface area contributed by atoms with E-state index in [0.717, 1.165) is 64.0 Å². The molecule has 1 heterocycles. The number of carbonyl (C=O) groups excluding carboxylic acids is 1. The Balaban J connectivity index is 1.48. The summed E-state index contributed by atoms with van der Waals surface area (Å²) in [5, 5.41) is 4.25. The van der Waals surface area contributed by atoms with Crippen molar-refractivity contribution in [3.8, 4) is 0 Å². The maximum atomic E-state index is 11.8. The molecule has 1 aromatic carbocycles. The molecule has 7 nitrogen and oxygen atoms in total. The summed E-state index contributed by atoms with van der Waals surface area (Å²) < 4.78 is 0. The van der Waals surface area contributed by atoms with Crippen molar-refractivity contribution in [2.45, 2.75) is 43.9 Å². The van der Waals surface area contributed by atoms with Gasteiger partial charge in [0.1, 0.15) is 5.79 Å². The molecule has 168 valence electrons. The highest BCUT2D eigenvalue weighted by Gasteiger charge is 2.35. The van der Waals surface area contributed by atoms with E-state index in [2.05, 4.69) is 15.1 Å². The smallest absolute Gasteiger partial charge is 0.317 e. The van der Waals surface area contributed by atoms with Crippen LogP contribution in [0.4, 0.5) is 10.5 Å². The Bertz CT molecular complexity index is 728. The van der Waals surface area contributed by atoms with Gasteiger partial charge in [-0.3, -0.25) is 4.90 Å². The van der Waals surface area contributed by atoms with Crippen molar-refractivity contribution in [2.24, 2.45) is 17.4 Å². The van der Waals surface area contributed by atoms with Crippen molar-refractivity contribution >= 4 is 34.9 Å². The van der Waals surface area contributed by atoms with Crippen LogP contribution in [0.3, 0.4) is 0 Å². The molecule has 0 radical (unpaired) electrons. The standard InChI is InChI=1S/C21H34Cl2N6O/c1-27(2)20(30)26-16-8-6-15(7-9-16)14-21(24,25)29-12-10-28(11-13-29)18-5-3-4-17(22)19(18)23/h3-5,15-16H,6-14,24-25H2,1-2H3,(H,26,30). The number of nitrogens with zero attached hydrogens (tertiary/aromatic N) is 3. The molecule has 30 heavy (non-hydrogen) atoms. The Morgan fingerprint density at radius 2 is 1.77 bits per heavy atom. The topological polar surface area (TPSA) is 90.9 Å². The monoisotopic (exact) mass is 456 g/mol. The lowest BCUT2D eigenvalue weighted by molar-refractivity contribution is 0.0573. The highest BCUT2D eigenvalue weighted by atomic mass is 35.5. The zero-order valence-electron chi connectivity index (χ0n) is 17.9. The van der Waals surface area contributed by atoms with E-state index in [0.29, 0.717) is 16.0 Å². The second kappa shape index (κ2) is 9.92. The van der Waals surface area contributed by atoms with E-state index in [1.807, 2.05) is 12.1 Å². The molecule has 1 aliphatic heterocycles. The fourth-order valence-corrected chi connectivity index (χ4v) is 4.92. The Labute approximate surface area is 189 Å². The molecule has 0 atom stereocenters. The van der Waals surface area contributed by atoms with Gasteiger partial charge in [-0.1, -0.05) is 29.3 Å². The summed E-state index contributed by atoms with van der Waals surface area (Å²) in [6, 6.07) is 5.93. The van der Waals surface area contributed by atoms with Gasteiger partial charge in [-0.2, -0.15) is 0 Å². The number of hydrogen-bond acceptors (Lipinski definition) is 5. The minimum atomic E-state index is -0.825. The molecular weight excluding hydrogens is 423 g/mol. The van der Waals surface area contributed by atoms with Crippen LogP contribution < -0.4 is 21.7 Å². The molecule has 3 rings (SSSR count). The number of rotatable bonds is 5. The number of nitrogens with one attached hydrogen (secondary N) is 1. The first kappa shape index (κ1) is 23.4. The van der Waals surface area contributed by atoms with E-state index >= 15 is 0 Å². The number of carbonyl (C=O) groups is 1. The lowest BCUT2D eigenvalue weighted by Gasteiger charge is -2.46. The van der Waals surface area contributed by atoms with Crippen LogP contribution >= 0.6 is 23.2 Å². The van der Waals surface area contributed by atoms with Crippen LogP contribution in [0.15, 0.2) is 18.2 Å². The van der Waals surface area contributed by atoms with Gasteiger partial charge in [0.15, 0.2) is 0 Å². The molecule has 0 unspecified atom stereocenters. The second-order valence-electron chi connectivity index (χ2n) is 8.80. The summed E-state index contributed by atoms with van der Waals surface area (Å²) in [5.41, 5.74) is 14.1. The van der Waals surface area contributed by atoms with Crippen molar-refractivity contribution in [3.63, 3.8) is 0 Å². The summed E-state index contributed by atoms with van der Waals surface area (Å²) in [6.45, 7) is 3.17. The minimum Gasteiger partial charge on any atom is -0.368 e. The summed E-state index contributed by atoms with van der Waals surface area (Å²) in [6.07, 6.45) is 4.78. The summed E-state index contributed by atoms with van der Waals surface area (Å²) in [5.74, 6) is -0.345. The molecule has 0 bridgehead atoms. The Hall–Kier alpha value is -1.25. The van der Waals surface area contributed by atoms with Crippen molar-refractivity contribution in [1.29, 1.82) is 0 Å². The molecule has 0 aromatic heterocycles. The predicted molar refractivity (Wildman–Crippen MR) is 124 cm³/mol. The highest BCUT2D eigenvalue weighted by molar-refractivity contribution is 6.43. The largest absolute Gasteiger partial charge is 0.368 e.